The number of nitrogens with zero attached hydrogens (tertiary/aromatic N) is 3. The van der Waals surface area contributed by atoms with Crippen LogP contribution in [0, 0.1) is 0 Å². The monoisotopic (exact) mass is 435 g/mol. The summed E-state index contributed by atoms with van der Waals surface area (Å²) in [5.41, 5.74) is 8.78. The molecular weight excluding hydrogens is 406 g/mol. The summed E-state index contributed by atoms with van der Waals surface area (Å²) < 4.78 is 13.4. The Morgan fingerprint density at radius 1 is 1.12 bits per heavy atom. The van der Waals surface area contributed by atoms with Crippen molar-refractivity contribution in [3.05, 3.63) is 54.7 Å². The fraction of sp³-hybridized carbons (Fsp3) is 0.333. The van der Waals surface area contributed by atoms with Gasteiger partial charge in [0.2, 0.25) is 0 Å². The molecule has 3 N–H and O–H groups in total. The highest BCUT2D eigenvalue weighted by Gasteiger charge is 2.15. The number of amides is 1. The van der Waals surface area contributed by atoms with E-state index in [4.69, 9.17) is 15.2 Å². The Kier molecular flexibility index (Phi) is 6.91. The molecule has 2 heterocycles. The van der Waals surface area contributed by atoms with Gasteiger partial charge in [0.15, 0.2) is 6.61 Å². The highest BCUT2D eigenvalue weighted by Crippen LogP contribution is 2.32. The normalized spacial score (nSPS) is 13.8. The minimum absolute atomic E-state index is 0.113. The first-order valence-electron chi connectivity index (χ1n) is 10.8. The predicted octanol–water partition coefficient (Wildman–Crippen LogP) is 3.16. The van der Waals surface area contributed by atoms with Crippen LogP contribution in [-0.2, 0) is 11.8 Å². The van der Waals surface area contributed by atoms with Crippen LogP contribution in [0.3, 0.4) is 0 Å². The van der Waals surface area contributed by atoms with E-state index in [2.05, 4.69) is 15.3 Å². The molecule has 0 unspecified atom stereocenters. The lowest BCUT2D eigenvalue weighted by Crippen LogP contribution is -2.25. The summed E-state index contributed by atoms with van der Waals surface area (Å²) >= 11 is 0. The average Bonchev–Trinajstić information content (AvgIpc) is 3.45. The molecule has 168 valence electrons. The third kappa shape index (κ3) is 5.59. The zero-order chi connectivity index (χ0) is 22.3. The predicted molar refractivity (Wildman–Crippen MR) is 125 cm³/mol. The molecule has 3 aromatic rings. The molecular formula is C24H29N5O3. The zero-order valence-electron chi connectivity index (χ0n) is 18.3. The van der Waals surface area contributed by atoms with Gasteiger partial charge in [-0.15, -0.1) is 0 Å². The summed E-state index contributed by atoms with van der Waals surface area (Å²) in [6.45, 7) is 3.69. The van der Waals surface area contributed by atoms with Gasteiger partial charge in [-0.05, 0) is 62.3 Å². The van der Waals surface area contributed by atoms with Gasteiger partial charge >= 0.3 is 0 Å². The Morgan fingerprint density at radius 2 is 1.97 bits per heavy atom. The molecule has 1 aromatic heterocycles. The van der Waals surface area contributed by atoms with Crippen LogP contribution in [0.1, 0.15) is 12.8 Å². The molecule has 8 nitrogen and oxygen atoms in total. The first-order chi connectivity index (χ1) is 15.6. The number of anilines is 2. The van der Waals surface area contributed by atoms with E-state index in [9.17, 15) is 4.79 Å². The van der Waals surface area contributed by atoms with Crippen LogP contribution in [0.25, 0.3) is 11.3 Å². The molecule has 0 saturated carbocycles. The van der Waals surface area contributed by atoms with Crippen molar-refractivity contribution in [2.75, 3.05) is 43.9 Å². The van der Waals surface area contributed by atoms with Gasteiger partial charge in [-0.25, -0.2) is 0 Å². The van der Waals surface area contributed by atoms with Gasteiger partial charge in [0.25, 0.3) is 5.91 Å². The number of aromatic nitrogens is 2. The van der Waals surface area contributed by atoms with E-state index in [1.54, 1.807) is 35.1 Å². The van der Waals surface area contributed by atoms with Crippen LogP contribution in [0.2, 0.25) is 0 Å². The molecule has 2 aromatic carbocycles. The largest absolute Gasteiger partial charge is 0.492 e. The molecule has 0 aliphatic carbocycles. The highest BCUT2D eigenvalue weighted by atomic mass is 16.5. The number of aryl methyl sites for hydroxylation is 1. The van der Waals surface area contributed by atoms with E-state index in [0.717, 1.165) is 36.6 Å². The topological polar surface area (TPSA) is 94.6 Å². The van der Waals surface area contributed by atoms with Crippen molar-refractivity contribution in [3.63, 3.8) is 0 Å². The number of nitrogens with two attached hydrogens (primary N) is 1. The smallest absolute Gasteiger partial charge is 0.262 e. The molecule has 1 aliphatic heterocycles. The van der Waals surface area contributed by atoms with E-state index in [1.165, 1.54) is 12.8 Å². The fourth-order valence-corrected chi connectivity index (χ4v) is 3.81. The minimum Gasteiger partial charge on any atom is -0.492 e. The summed E-state index contributed by atoms with van der Waals surface area (Å²) in [5, 5.41) is 7.16. The average molecular weight is 436 g/mol. The molecule has 4 rings (SSSR count). The van der Waals surface area contributed by atoms with Crippen molar-refractivity contribution in [1.29, 1.82) is 0 Å². The lowest BCUT2D eigenvalue weighted by atomic mass is 10.1. The van der Waals surface area contributed by atoms with Crippen molar-refractivity contribution in [3.8, 4) is 22.8 Å². The fourth-order valence-electron chi connectivity index (χ4n) is 3.81. The first-order valence-corrected chi connectivity index (χ1v) is 10.8. The van der Waals surface area contributed by atoms with Crippen LogP contribution in [-0.4, -0.2) is 53.4 Å². The van der Waals surface area contributed by atoms with E-state index in [-0.39, 0.29) is 12.5 Å². The lowest BCUT2D eigenvalue weighted by molar-refractivity contribution is -0.118. The number of benzene rings is 2. The Labute approximate surface area is 187 Å². The van der Waals surface area contributed by atoms with Gasteiger partial charge in [0, 0.05) is 42.8 Å². The number of hydrogen-bond acceptors (Lipinski definition) is 6. The summed E-state index contributed by atoms with van der Waals surface area (Å²) in [4.78, 5) is 14.8. The Balaban J connectivity index is 1.43. The molecule has 1 saturated heterocycles. The van der Waals surface area contributed by atoms with Crippen molar-refractivity contribution in [2.45, 2.75) is 12.8 Å². The minimum atomic E-state index is -0.258. The number of hydrogen-bond donors (Lipinski definition) is 2. The van der Waals surface area contributed by atoms with Gasteiger partial charge in [0.05, 0.1) is 5.69 Å². The van der Waals surface area contributed by atoms with Crippen LogP contribution in [0.4, 0.5) is 11.4 Å². The number of carbonyl (C=O) groups excluding carboxylic acids is 1. The van der Waals surface area contributed by atoms with E-state index >= 15 is 0 Å². The van der Waals surface area contributed by atoms with Gasteiger partial charge < -0.3 is 20.5 Å². The number of nitrogens with one attached hydrogen (secondary N) is 1. The number of likely N-dealkylation sites (tertiary alicyclic amines) is 1. The van der Waals surface area contributed by atoms with E-state index in [0.29, 0.717) is 23.7 Å². The molecule has 32 heavy (non-hydrogen) atoms. The Hall–Kier alpha value is -3.52. The second kappa shape index (κ2) is 10.2. The van der Waals surface area contributed by atoms with Gasteiger partial charge in [0.1, 0.15) is 18.1 Å². The molecule has 0 radical (unpaired) electrons. The standard InChI is InChI=1S/C24H29N5O3/c1-28-22(9-10-26-28)21-16-19(7-8-23(21)31-14-13-29-11-2-3-12-29)27-24(30)17-32-20-6-4-5-18(25)15-20/h4-10,15-16H,2-3,11-14,17,25H2,1H3,(H,27,30). The zero-order valence-corrected chi connectivity index (χ0v) is 18.3. The molecule has 1 fully saturated rings. The van der Waals surface area contributed by atoms with Crippen LogP contribution < -0.4 is 20.5 Å². The maximum Gasteiger partial charge on any atom is 0.262 e. The van der Waals surface area contributed by atoms with Crippen LogP contribution >= 0.6 is 0 Å². The quantitative estimate of drug-likeness (QED) is 0.502. The summed E-state index contributed by atoms with van der Waals surface area (Å²) in [7, 11) is 1.88. The third-order valence-corrected chi connectivity index (χ3v) is 5.45. The number of nitrogen functional groups attached to an aromatic ring is 1. The van der Waals surface area contributed by atoms with E-state index < -0.39 is 0 Å². The molecule has 0 bridgehead atoms. The van der Waals surface area contributed by atoms with Crippen molar-refractivity contribution in [1.82, 2.24) is 14.7 Å². The number of rotatable bonds is 9. The second-order valence-corrected chi connectivity index (χ2v) is 7.86. The van der Waals surface area contributed by atoms with Crippen molar-refractivity contribution in [2.24, 2.45) is 7.05 Å². The first kappa shape index (κ1) is 21.7. The van der Waals surface area contributed by atoms with Crippen molar-refractivity contribution >= 4 is 17.3 Å². The van der Waals surface area contributed by atoms with Gasteiger partial charge in [-0.3, -0.25) is 14.4 Å². The molecule has 0 spiro atoms. The second-order valence-electron chi connectivity index (χ2n) is 7.86. The summed E-state index contributed by atoms with van der Waals surface area (Å²) in [6, 6.07) is 14.6. The number of carbonyl (C=O) groups is 1. The summed E-state index contributed by atoms with van der Waals surface area (Å²) in [6.07, 6.45) is 4.26. The lowest BCUT2D eigenvalue weighted by Gasteiger charge is -2.17. The molecule has 1 aliphatic rings. The SMILES string of the molecule is Cn1nccc1-c1cc(NC(=O)COc2cccc(N)c2)ccc1OCCN1CCCC1. The maximum absolute atomic E-state index is 12.4. The molecule has 0 atom stereocenters. The summed E-state index contributed by atoms with van der Waals surface area (Å²) in [5.74, 6) is 1.06. The third-order valence-electron chi connectivity index (χ3n) is 5.45. The highest BCUT2D eigenvalue weighted by molar-refractivity contribution is 5.93. The molecule has 1 amide bonds. The van der Waals surface area contributed by atoms with Crippen LogP contribution in [0.15, 0.2) is 54.7 Å². The Morgan fingerprint density at radius 3 is 2.72 bits per heavy atom. The Bertz CT molecular complexity index is 1060. The van der Waals surface area contributed by atoms with Gasteiger partial charge in [-0.1, -0.05) is 6.07 Å². The van der Waals surface area contributed by atoms with Gasteiger partial charge in [-0.2, -0.15) is 5.10 Å². The van der Waals surface area contributed by atoms with E-state index in [1.807, 2.05) is 31.3 Å². The maximum atomic E-state index is 12.4. The molecule has 8 heteroatoms. The number of ether oxygens (including phenoxy) is 2. The van der Waals surface area contributed by atoms with Crippen LogP contribution in [0.5, 0.6) is 11.5 Å². The van der Waals surface area contributed by atoms with Crippen molar-refractivity contribution < 1.29 is 14.3 Å².